The predicted molar refractivity (Wildman–Crippen MR) is 65.2 cm³/mol. The molecule has 0 saturated carbocycles. The second-order valence-electron chi connectivity index (χ2n) is 4.12. The predicted octanol–water partition coefficient (Wildman–Crippen LogP) is 3.34. The van der Waals surface area contributed by atoms with Crippen LogP contribution in [0.5, 0.6) is 5.75 Å². The number of carboxylic acid groups (broad SMARTS) is 1. The van der Waals surface area contributed by atoms with E-state index in [0.29, 0.717) is 5.56 Å². The van der Waals surface area contributed by atoms with E-state index in [9.17, 15) is 18.7 Å². The number of benzene rings is 2. The van der Waals surface area contributed by atoms with Gasteiger partial charge in [0, 0.05) is 11.6 Å². The van der Waals surface area contributed by atoms with Gasteiger partial charge in [-0.25, -0.2) is 13.6 Å². The summed E-state index contributed by atoms with van der Waals surface area (Å²) in [5.41, 5.74) is 0.328. The van der Waals surface area contributed by atoms with Gasteiger partial charge in [-0.15, -0.1) is 0 Å². The second-order valence-corrected chi connectivity index (χ2v) is 4.12. The second kappa shape index (κ2) is 4.68. The average Bonchev–Trinajstić information content (AvgIpc) is 2.32. The van der Waals surface area contributed by atoms with Crippen LogP contribution in [0.4, 0.5) is 8.78 Å². The zero-order chi connectivity index (χ0) is 14.2. The molecule has 0 radical (unpaired) electrons. The smallest absolute Gasteiger partial charge is 0.339 e. The van der Waals surface area contributed by atoms with Gasteiger partial charge >= 0.3 is 5.97 Å². The van der Waals surface area contributed by atoms with E-state index in [1.54, 1.807) is 0 Å². The number of halogens is 2. The summed E-state index contributed by atoms with van der Waals surface area (Å²) in [6.07, 6.45) is 0. The number of phenols is 1. The van der Waals surface area contributed by atoms with Gasteiger partial charge in [-0.2, -0.15) is 0 Å². The molecule has 3 nitrogen and oxygen atoms in total. The fourth-order valence-corrected chi connectivity index (χ4v) is 1.82. The Kier molecular flexibility index (Phi) is 3.21. The van der Waals surface area contributed by atoms with Crippen molar-refractivity contribution in [2.45, 2.75) is 6.92 Å². The number of hydrogen-bond donors (Lipinski definition) is 2. The van der Waals surface area contributed by atoms with Crippen LogP contribution in [-0.4, -0.2) is 16.2 Å². The third-order valence-corrected chi connectivity index (χ3v) is 2.77. The van der Waals surface area contributed by atoms with E-state index in [0.717, 1.165) is 18.2 Å². The highest BCUT2D eigenvalue weighted by atomic mass is 19.1. The van der Waals surface area contributed by atoms with Crippen LogP contribution in [0.3, 0.4) is 0 Å². The number of aromatic hydroxyl groups is 1. The van der Waals surface area contributed by atoms with Crippen molar-refractivity contribution in [1.29, 1.82) is 0 Å². The van der Waals surface area contributed by atoms with E-state index in [2.05, 4.69) is 0 Å². The fourth-order valence-electron chi connectivity index (χ4n) is 1.82. The summed E-state index contributed by atoms with van der Waals surface area (Å²) >= 11 is 0. The molecule has 0 unspecified atom stereocenters. The van der Waals surface area contributed by atoms with Gasteiger partial charge in [0.2, 0.25) is 0 Å². The van der Waals surface area contributed by atoms with Crippen molar-refractivity contribution in [3.63, 3.8) is 0 Å². The standard InChI is InChI=1S/C14H10F2O3/c1-7-4-8(5-11(13(7)17)14(18)19)10-3-2-9(15)6-12(10)16/h2-6,17H,1H3,(H,18,19). The first-order chi connectivity index (χ1) is 8.90. The Morgan fingerprint density at radius 3 is 2.42 bits per heavy atom. The maximum absolute atomic E-state index is 13.7. The third kappa shape index (κ3) is 2.40. The number of carboxylic acids is 1. The van der Waals surface area contributed by atoms with Crippen LogP contribution in [-0.2, 0) is 0 Å². The van der Waals surface area contributed by atoms with Crippen LogP contribution in [0.25, 0.3) is 11.1 Å². The lowest BCUT2D eigenvalue weighted by atomic mass is 9.98. The number of hydrogen-bond acceptors (Lipinski definition) is 2. The zero-order valence-corrected chi connectivity index (χ0v) is 9.95. The maximum Gasteiger partial charge on any atom is 0.339 e. The van der Waals surface area contributed by atoms with Crippen LogP contribution in [0, 0.1) is 18.6 Å². The summed E-state index contributed by atoms with van der Waals surface area (Å²) < 4.78 is 26.5. The third-order valence-electron chi connectivity index (χ3n) is 2.77. The molecular weight excluding hydrogens is 254 g/mol. The molecule has 2 rings (SSSR count). The molecule has 0 spiro atoms. The molecule has 0 bridgehead atoms. The molecule has 0 atom stereocenters. The molecule has 0 aromatic heterocycles. The molecule has 19 heavy (non-hydrogen) atoms. The Morgan fingerprint density at radius 1 is 1.16 bits per heavy atom. The minimum atomic E-state index is -1.31. The first kappa shape index (κ1) is 13.0. The van der Waals surface area contributed by atoms with E-state index in [1.165, 1.54) is 19.1 Å². The van der Waals surface area contributed by atoms with Crippen molar-refractivity contribution >= 4 is 5.97 Å². The van der Waals surface area contributed by atoms with Crippen molar-refractivity contribution in [3.05, 3.63) is 53.1 Å². The van der Waals surface area contributed by atoms with Gasteiger partial charge in [0.15, 0.2) is 0 Å². The molecule has 0 amide bonds. The Bertz CT molecular complexity index is 666. The minimum Gasteiger partial charge on any atom is -0.507 e. The topological polar surface area (TPSA) is 57.5 Å². The summed E-state index contributed by atoms with van der Waals surface area (Å²) in [6.45, 7) is 1.51. The van der Waals surface area contributed by atoms with Crippen LogP contribution in [0.2, 0.25) is 0 Å². The van der Waals surface area contributed by atoms with E-state index < -0.39 is 17.6 Å². The lowest BCUT2D eigenvalue weighted by molar-refractivity contribution is 0.0693. The van der Waals surface area contributed by atoms with Crippen LogP contribution < -0.4 is 0 Å². The van der Waals surface area contributed by atoms with Crippen molar-refractivity contribution in [3.8, 4) is 16.9 Å². The maximum atomic E-state index is 13.7. The fraction of sp³-hybridized carbons (Fsp3) is 0.0714. The quantitative estimate of drug-likeness (QED) is 0.874. The monoisotopic (exact) mass is 264 g/mol. The largest absolute Gasteiger partial charge is 0.507 e. The summed E-state index contributed by atoms with van der Waals surface area (Å²) in [5.74, 6) is -3.18. The Labute approximate surface area is 107 Å². The molecule has 0 aliphatic carbocycles. The highest BCUT2D eigenvalue weighted by Gasteiger charge is 2.16. The number of aromatic carboxylic acids is 1. The molecule has 0 heterocycles. The molecular formula is C14H10F2O3. The minimum absolute atomic E-state index is 0.0759. The molecule has 5 heteroatoms. The van der Waals surface area contributed by atoms with Crippen LogP contribution >= 0.6 is 0 Å². The number of rotatable bonds is 2. The van der Waals surface area contributed by atoms with E-state index in [1.807, 2.05) is 0 Å². The van der Waals surface area contributed by atoms with Gasteiger partial charge in [0.05, 0.1) is 0 Å². The van der Waals surface area contributed by atoms with Crippen LogP contribution in [0.15, 0.2) is 30.3 Å². The lowest BCUT2D eigenvalue weighted by Crippen LogP contribution is -1.99. The summed E-state index contributed by atoms with van der Waals surface area (Å²) in [6, 6.07) is 5.63. The van der Waals surface area contributed by atoms with Gasteiger partial charge in [0.1, 0.15) is 22.9 Å². The van der Waals surface area contributed by atoms with Gasteiger partial charge in [0.25, 0.3) is 0 Å². The molecule has 2 aromatic rings. The summed E-state index contributed by atoms with van der Waals surface area (Å²) in [4.78, 5) is 11.0. The van der Waals surface area contributed by atoms with Gasteiger partial charge in [-0.05, 0) is 42.3 Å². The van der Waals surface area contributed by atoms with Crippen molar-refractivity contribution < 1.29 is 23.8 Å². The van der Waals surface area contributed by atoms with Crippen molar-refractivity contribution in [2.24, 2.45) is 0 Å². The molecule has 0 fully saturated rings. The Balaban J connectivity index is 2.66. The summed E-state index contributed by atoms with van der Waals surface area (Å²) in [5, 5.41) is 18.6. The molecule has 2 aromatic carbocycles. The molecule has 0 aliphatic heterocycles. The van der Waals surface area contributed by atoms with Crippen molar-refractivity contribution in [2.75, 3.05) is 0 Å². The Morgan fingerprint density at radius 2 is 1.84 bits per heavy atom. The molecule has 0 aliphatic rings. The molecule has 0 saturated heterocycles. The highest BCUT2D eigenvalue weighted by Crippen LogP contribution is 2.31. The van der Waals surface area contributed by atoms with Gasteiger partial charge in [-0.1, -0.05) is 0 Å². The van der Waals surface area contributed by atoms with E-state index in [4.69, 9.17) is 5.11 Å². The summed E-state index contributed by atoms with van der Waals surface area (Å²) in [7, 11) is 0. The Hall–Kier alpha value is -2.43. The lowest BCUT2D eigenvalue weighted by Gasteiger charge is -2.09. The van der Waals surface area contributed by atoms with E-state index in [-0.39, 0.29) is 22.4 Å². The van der Waals surface area contributed by atoms with Gasteiger partial charge in [-0.3, -0.25) is 0 Å². The van der Waals surface area contributed by atoms with Crippen molar-refractivity contribution in [1.82, 2.24) is 0 Å². The SMILES string of the molecule is Cc1cc(-c2ccc(F)cc2F)cc(C(=O)O)c1O. The highest BCUT2D eigenvalue weighted by molar-refractivity contribution is 5.93. The number of carbonyl (C=O) groups is 1. The van der Waals surface area contributed by atoms with Gasteiger partial charge < -0.3 is 10.2 Å². The molecule has 98 valence electrons. The molecule has 2 N–H and O–H groups in total. The van der Waals surface area contributed by atoms with Crippen LogP contribution in [0.1, 0.15) is 15.9 Å². The number of aryl methyl sites for hydroxylation is 1. The first-order valence-electron chi connectivity index (χ1n) is 5.42. The normalized spacial score (nSPS) is 10.5. The average molecular weight is 264 g/mol. The zero-order valence-electron chi connectivity index (χ0n) is 9.95. The van der Waals surface area contributed by atoms with E-state index >= 15 is 0 Å². The first-order valence-corrected chi connectivity index (χ1v) is 5.42.